The molecule has 3 rings (SSSR count). The number of aliphatic hydroxyl groups is 2. The maximum atomic E-state index is 10.9. The smallest absolute Gasteiger partial charge is 0.341 e. The van der Waals surface area contributed by atoms with Crippen LogP contribution < -0.4 is 4.74 Å². The van der Waals surface area contributed by atoms with Crippen LogP contribution in [0.3, 0.4) is 0 Å². The molecule has 0 spiro atoms. The number of hydrogen-bond donors (Lipinski definition) is 3. The summed E-state index contributed by atoms with van der Waals surface area (Å²) in [4.78, 5) is 10.9. The van der Waals surface area contributed by atoms with E-state index in [1.807, 2.05) is 0 Å². The highest BCUT2D eigenvalue weighted by molar-refractivity contribution is 5.68. The molecule has 1 saturated carbocycles. The first kappa shape index (κ1) is 13.6. The minimum atomic E-state index is -2.14. The third-order valence-electron chi connectivity index (χ3n) is 5.81. The van der Waals surface area contributed by atoms with Gasteiger partial charge >= 0.3 is 5.97 Å². The van der Waals surface area contributed by atoms with E-state index in [0.717, 1.165) is 0 Å². The fourth-order valence-corrected chi connectivity index (χ4v) is 4.48. The van der Waals surface area contributed by atoms with Gasteiger partial charge in [0.15, 0.2) is 6.61 Å². The molecule has 0 amide bonds. The van der Waals surface area contributed by atoms with Crippen molar-refractivity contribution in [2.75, 3.05) is 6.61 Å². The van der Waals surface area contributed by atoms with Crippen molar-refractivity contribution in [1.82, 2.24) is 0 Å². The lowest BCUT2D eigenvalue weighted by Crippen LogP contribution is -2.28. The van der Waals surface area contributed by atoms with E-state index < -0.39 is 50.3 Å². The molecule has 0 aliphatic heterocycles. The number of benzene rings is 1. The van der Waals surface area contributed by atoms with Gasteiger partial charge in [0.2, 0.25) is 0 Å². The highest BCUT2D eigenvalue weighted by Crippen LogP contribution is 2.48. The number of carboxylic acids is 1. The van der Waals surface area contributed by atoms with E-state index in [1.165, 1.54) is 0 Å². The lowest BCUT2D eigenvalue weighted by Gasteiger charge is -2.32. The van der Waals surface area contributed by atoms with E-state index in [9.17, 15) is 15.0 Å². The molecule has 0 bridgehead atoms. The van der Waals surface area contributed by atoms with Crippen LogP contribution in [0, 0.1) is 17.8 Å². The van der Waals surface area contributed by atoms with E-state index in [-0.39, 0.29) is 49.7 Å². The normalized spacial score (nSPS) is 33.6. The zero-order chi connectivity index (χ0) is 26.2. The van der Waals surface area contributed by atoms with Crippen LogP contribution in [0.15, 0.2) is 18.2 Å². The molecule has 2 aliphatic carbocycles. The number of aliphatic hydroxyl groups excluding tert-OH is 2. The summed E-state index contributed by atoms with van der Waals surface area (Å²) in [6.07, 6.45) is -4.99. The Hall–Kier alpha value is -1.59. The van der Waals surface area contributed by atoms with Crippen molar-refractivity contribution in [2.24, 2.45) is 17.8 Å². The van der Waals surface area contributed by atoms with E-state index in [0.29, 0.717) is 24.0 Å². The molecule has 1 aromatic rings. The fourth-order valence-electron chi connectivity index (χ4n) is 4.48. The van der Waals surface area contributed by atoms with Gasteiger partial charge in [-0.1, -0.05) is 38.2 Å². The van der Waals surface area contributed by atoms with Gasteiger partial charge in [-0.05, 0) is 73.4 Å². The summed E-state index contributed by atoms with van der Waals surface area (Å²) in [5.74, 6) is -2.06. The second-order valence-electron chi connectivity index (χ2n) is 7.71. The van der Waals surface area contributed by atoms with Crippen LogP contribution in [-0.4, -0.2) is 40.1 Å². The molecule has 1 fully saturated rings. The van der Waals surface area contributed by atoms with Crippen LogP contribution in [0.5, 0.6) is 5.75 Å². The van der Waals surface area contributed by atoms with Crippen molar-refractivity contribution in [3.05, 3.63) is 29.3 Å². The number of carbonyl (C=O) groups is 1. The third-order valence-corrected chi connectivity index (χ3v) is 5.81. The average Bonchev–Trinajstić information content (AvgIpc) is 3.05. The SMILES string of the molecule is [2H]C([2H])([2H])CCCC([2H])([2H])[C@H](O)CC[C@@H]1[C@H]2Cc3cccc(OCC(=O)O)c3C([2H])([2H])[C@H]2C[C@H]1O. The number of carboxylic acid groups (broad SMARTS) is 1. The molecule has 0 saturated heterocycles. The molecule has 2 aliphatic rings. The maximum absolute atomic E-state index is 10.9. The minimum Gasteiger partial charge on any atom is -0.482 e. The van der Waals surface area contributed by atoms with E-state index in [4.69, 9.17) is 19.4 Å². The van der Waals surface area contributed by atoms with Crippen molar-refractivity contribution < 1.29 is 34.4 Å². The Morgan fingerprint density at radius 3 is 3.11 bits per heavy atom. The predicted octanol–water partition coefficient (Wildman–Crippen LogP) is 3.58. The minimum absolute atomic E-state index is 0.0728. The molecular weight excluding hydrogens is 356 g/mol. The molecule has 5 nitrogen and oxygen atoms in total. The molecule has 156 valence electrons. The van der Waals surface area contributed by atoms with Crippen molar-refractivity contribution in [3.63, 3.8) is 0 Å². The summed E-state index contributed by atoms with van der Waals surface area (Å²) in [6.45, 7) is -2.73. The van der Waals surface area contributed by atoms with Gasteiger partial charge in [-0.3, -0.25) is 0 Å². The molecule has 5 heteroatoms. The van der Waals surface area contributed by atoms with Gasteiger partial charge in [-0.25, -0.2) is 4.79 Å². The Bertz CT molecular complexity index is 905. The van der Waals surface area contributed by atoms with Gasteiger partial charge in [0.25, 0.3) is 0 Å². The molecule has 0 unspecified atom stereocenters. The van der Waals surface area contributed by atoms with Crippen LogP contribution in [0.2, 0.25) is 0 Å². The monoisotopic (exact) mass is 397 g/mol. The first-order valence-electron chi connectivity index (χ1n) is 13.5. The lowest BCUT2D eigenvalue weighted by molar-refractivity contribution is -0.139. The van der Waals surface area contributed by atoms with Gasteiger partial charge < -0.3 is 20.1 Å². The van der Waals surface area contributed by atoms with Gasteiger partial charge in [-0.2, -0.15) is 0 Å². The number of hydrogen-bond acceptors (Lipinski definition) is 4. The second-order valence-corrected chi connectivity index (χ2v) is 7.71. The molecule has 5 atom stereocenters. The summed E-state index contributed by atoms with van der Waals surface area (Å²) in [5, 5.41) is 30.3. The maximum Gasteiger partial charge on any atom is 0.341 e. The standard InChI is InChI=1S/C23H34O5/c1-2-3-4-7-17(24)9-10-18-19-11-15-6-5-8-22(28-14-23(26)27)20(15)12-16(19)13-21(18)25/h5-6,8,16-19,21,24-25H,2-4,7,9-14H2,1H3,(H,26,27)/t16-,17-,18+,19-,21+/m0/s1/i1D3,7D2,12D2. The summed E-state index contributed by atoms with van der Waals surface area (Å²) in [5.41, 5.74) is 1.01. The number of aliphatic carboxylic acids is 1. The van der Waals surface area contributed by atoms with Crippen LogP contribution >= 0.6 is 0 Å². The quantitative estimate of drug-likeness (QED) is 0.562. The summed E-state index contributed by atoms with van der Waals surface area (Å²) < 4.78 is 61.1. The summed E-state index contributed by atoms with van der Waals surface area (Å²) >= 11 is 0. The van der Waals surface area contributed by atoms with Gasteiger partial charge in [0, 0.05) is 9.60 Å². The summed E-state index contributed by atoms with van der Waals surface area (Å²) in [7, 11) is 0. The Kier molecular flexibility index (Phi) is 4.73. The Balaban J connectivity index is 1.71. The van der Waals surface area contributed by atoms with E-state index in [2.05, 4.69) is 0 Å². The third kappa shape index (κ3) is 5.06. The van der Waals surface area contributed by atoms with Gasteiger partial charge in [-0.15, -0.1) is 0 Å². The fraction of sp³-hybridized carbons (Fsp3) is 0.696. The number of ether oxygens (including phenoxy) is 1. The largest absolute Gasteiger partial charge is 0.482 e. The molecule has 28 heavy (non-hydrogen) atoms. The Labute approximate surface area is 177 Å². The number of rotatable bonds is 10. The first-order chi connectivity index (χ1) is 16.1. The van der Waals surface area contributed by atoms with Gasteiger partial charge in [0.1, 0.15) is 5.75 Å². The zero-order valence-corrected chi connectivity index (χ0v) is 15.9. The predicted molar refractivity (Wildman–Crippen MR) is 107 cm³/mol. The van der Waals surface area contributed by atoms with Crippen molar-refractivity contribution in [1.29, 1.82) is 0 Å². The van der Waals surface area contributed by atoms with Crippen LogP contribution in [0.25, 0.3) is 0 Å². The average molecular weight is 398 g/mol. The molecule has 0 radical (unpaired) electrons. The Morgan fingerprint density at radius 1 is 1.46 bits per heavy atom. The molecule has 3 N–H and O–H groups in total. The highest BCUT2D eigenvalue weighted by Gasteiger charge is 2.44. The van der Waals surface area contributed by atoms with E-state index >= 15 is 0 Å². The lowest BCUT2D eigenvalue weighted by atomic mass is 9.73. The highest BCUT2D eigenvalue weighted by atomic mass is 16.5. The van der Waals surface area contributed by atoms with Crippen LogP contribution in [0.1, 0.15) is 72.5 Å². The van der Waals surface area contributed by atoms with Crippen LogP contribution in [-0.2, 0) is 17.6 Å². The molecule has 0 heterocycles. The Morgan fingerprint density at radius 2 is 2.32 bits per heavy atom. The second kappa shape index (κ2) is 9.75. The molecular formula is C23H34O5. The van der Waals surface area contributed by atoms with E-state index in [1.54, 1.807) is 18.2 Å². The van der Waals surface area contributed by atoms with Crippen molar-refractivity contribution in [3.8, 4) is 5.75 Å². The zero-order valence-electron chi connectivity index (χ0n) is 22.9. The summed E-state index contributed by atoms with van der Waals surface area (Å²) in [6, 6.07) is 5.01. The van der Waals surface area contributed by atoms with Crippen LogP contribution in [0.4, 0.5) is 0 Å². The van der Waals surface area contributed by atoms with Crippen molar-refractivity contribution >= 4 is 5.97 Å². The molecule has 1 aromatic carbocycles. The van der Waals surface area contributed by atoms with Gasteiger partial charge in [0.05, 0.1) is 12.2 Å². The molecule has 0 aromatic heterocycles. The van der Waals surface area contributed by atoms with Crippen molar-refractivity contribution in [2.45, 2.75) is 76.8 Å². The first-order valence-corrected chi connectivity index (χ1v) is 9.96. The number of fused-ring (bicyclic) bond motifs is 2. The topological polar surface area (TPSA) is 87.0 Å².